The number of fused-ring (bicyclic) bond motifs is 4. The first-order chi connectivity index (χ1) is 13.1. The van der Waals surface area contributed by atoms with Crippen LogP contribution in [-0.4, -0.2) is 28.1 Å². The molecular weight excluding hydrogens is 376 g/mol. The lowest BCUT2D eigenvalue weighted by atomic mass is 9.71. The molecule has 0 fully saturated rings. The average Bonchev–Trinajstić information content (AvgIpc) is 3.09. The van der Waals surface area contributed by atoms with Crippen LogP contribution in [0, 0.1) is 5.92 Å². The van der Waals surface area contributed by atoms with Crippen LogP contribution < -0.4 is 10.2 Å². The van der Waals surface area contributed by atoms with E-state index in [-0.39, 0.29) is 29.7 Å². The third kappa shape index (κ3) is 2.58. The fraction of sp³-hybridized carbons (Fsp3) is 0.476. The number of halogens is 1. The highest BCUT2D eigenvalue weighted by Crippen LogP contribution is 2.53. The monoisotopic (exact) mass is 400 g/mol. The van der Waals surface area contributed by atoms with Crippen molar-refractivity contribution in [2.24, 2.45) is 5.92 Å². The van der Waals surface area contributed by atoms with Gasteiger partial charge in [-0.3, -0.25) is 9.59 Å². The molecule has 1 aromatic heterocycles. The third-order valence-corrected chi connectivity index (χ3v) is 5.65. The molecule has 0 unspecified atom stereocenters. The zero-order chi connectivity index (χ0) is 20.4. The van der Waals surface area contributed by atoms with Crippen LogP contribution in [0.3, 0.4) is 0 Å². The molecule has 2 aromatic rings. The van der Waals surface area contributed by atoms with Gasteiger partial charge in [-0.15, -0.1) is 0 Å². The van der Waals surface area contributed by atoms with Crippen molar-refractivity contribution in [1.29, 1.82) is 0 Å². The van der Waals surface area contributed by atoms with E-state index >= 15 is 0 Å². The maximum Gasteiger partial charge on any atom is 0.242 e. The van der Waals surface area contributed by atoms with E-state index < -0.39 is 5.41 Å². The summed E-state index contributed by atoms with van der Waals surface area (Å²) in [6.45, 7) is 10.8. The maximum atomic E-state index is 13.8. The molecule has 1 N–H and O–H groups in total. The first-order valence-corrected chi connectivity index (χ1v) is 9.94. The second kappa shape index (κ2) is 6.08. The topological polar surface area (TPSA) is 67.2 Å². The molecule has 0 saturated heterocycles. The molecule has 4 rings (SSSR count). The van der Waals surface area contributed by atoms with E-state index in [9.17, 15) is 9.59 Å². The second-order valence-electron chi connectivity index (χ2n) is 9.09. The minimum atomic E-state index is -1.09. The minimum absolute atomic E-state index is 0.0522. The van der Waals surface area contributed by atoms with E-state index in [4.69, 9.17) is 11.6 Å². The van der Waals surface area contributed by atoms with Gasteiger partial charge in [0.2, 0.25) is 11.8 Å². The summed E-state index contributed by atoms with van der Waals surface area (Å²) in [7, 11) is 0. The molecule has 2 aliphatic rings. The molecule has 0 aliphatic carbocycles. The van der Waals surface area contributed by atoms with Gasteiger partial charge in [0.15, 0.2) is 0 Å². The van der Waals surface area contributed by atoms with Crippen LogP contribution in [0.1, 0.15) is 52.2 Å². The summed E-state index contributed by atoms with van der Waals surface area (Å²) in [5.41, 5.74) is 0.927. The maximum absolute atomic E-state index is 13.8. The smallest absolute Gasteiger partial charge is 0.242 e. The lowest BCUT2D eigenvalue weighted by Crippen LogP contribution is -2.47. The largest absolute Gasteiger partial charge is 0.311 e. The fourth-order valence-corrected chi connectivity index (χ4v) is 4.49. The number of nitrogens with one attached hydrogen (secondary N) is 1. The van der Waals surface area contributed by atoms with Crippen molar-refractivity contribution >= 4 is 34.9 Å². The van der Waals surface area contributed by atoms with Gasteiger partial charge in [-0.25, -0.2) is 4.68 Å². The van der Waals surface area contributed by atoms with Crippen LogP contribution in [0.25, 0.3) is 0 Å². The Balaban J connectivity index is 2.00. The molecular formula is C21H25ClN4O2. The van der Waals surface area contributed by atoms with Crippen LogP contribution in [0.5, 0.6) is 0 Å². The van der Waals surface area contributed by atoms with E-state index in [1.54, 1.807) is 21.8 Å². The molecule has 1 aromatic carbocycles. The highest BCUT2D eigenvalue weighted by Gasteiger charge is 2.57. The van der Waals surface area contributed by atoms with Gasteiger partial charge in [-0.05, 0) is 50.5 Å². The van der Waals surface area contributed by atoms with Gasteiger partial charge >= 0.3 is 0 Å². The lowest BCUT2D eigenvalue weighted by molar-refractivity contribution is -0.126. The summed E-state index contributed by atoms with van der Waals surface area (Å²) < 4.78 is 1.78. The van der Waals surface area contributed by atoms with E-state index in [1.165, 1.54) is 0 Å². The molecule has 1 atom stereocenters. The number of rotatable bonds is 2. The van der Waals surface area contributed by atoms with Crippen LogP contribution in [0.2, 0.25) is 5.02 Å². The highest BCUT2D eigenvalue weighted by atomic mass is 35.5. The van der Waals surface area contributed by atoms with E-state index in [0.717, 1.165) is 16.8 Å². The fourth-order valence-electron chi connectivity index (χ4n) is 4.32. The molecule has 28 heavy (non-hydrogen) atoms. The second-order valence-corrected chi connectivity index (χ2v) is 9.53. The Labute approximate surface area is 169 Å². The molecule has 3 heterocycles. The molecule has 7 heteroatoms. The van der Waals surface area contributed by atoms with Gasteiger partial charge in [0.25, 0.3) is 0 Å². The Morgan fingerprint density at radius 1 is 1.25 bits per heavy atom. The van der Waals surface area contributed by atoms with Crippen molar-refractivity contribution < 1.29 is 9.59 Å². The third-order valence-electron chi connectivity index (χ3n) is 5.42. The van der Waals surface area contributed by atoms with Gasteiger partial charge in [0.05, 0.1) is 11.7 Å². The number of carbonyl (C=O) groups excluding carboxylic acids is 2. The number of hydrogen-bond acceptors (Lipinski definition) is 3. The molecule has 2 aliphatic heterocycles. The Hall–Kier alpha value is -2.34. The highest BCUT2D eigenvalue weighted by molar-refractivity contribution is 6.31. The quantitative estimate of drug-likeness (QED) is 0.830. The zero-order valence-electron chi connectivity index (χ0n) is 16.8. The number of aromatic nitrogens is 2. The van der Waals surface area contributed by atoms with Gasteiger partial charge in [0.1, 0.15) is 11.2 Å². The van der Waals surface area contributed by atoms with E-state index in [2.05, 4.69) is 24.3 Å². The minimum Gasteiger partial charge on any atom is -0.311 e. The first kappa shape index (κ1) is 19.0. The summed E-state index contributed by atoms with van der Waals surface area (Å²) in [4.78, 5) is 28.4. The summed E-state index contributed by atoms with van der Waals surface area (Å²) in [5.74, 6) is 0.610. The van der Waals surface area contributed by atoms with Gasteiger partial charge in [0, 0.05) is 29.2 Å². The number of benzene rings is 1. The van der Waals surface area contributed by atoms with Crippen molar-refractivity contribution in [3.63, 3.8) is 0 Å². The molecule has 1 spiro atoms. The molecule has 6 nitrogen and oxygen atoms in total. The van der Waals surface area contributed by atoms with Crippen molar-refractivity contribution in [2.45, 2.75) is 52.0 Å². The van der Waals surface area contributed by atoms with Gasteiger partial charge in [-0.2, -0.15) is 5.10 Å². The van der Waals surface area contributed by atoms with Crippen LogP contribution in [0.15, 0.2) is 24.4 Å². The normalized spacial score (nSPS) is 21.3. The molecule has 0 radical (unpaired) electrons. The number of hydrogen-bond donors (Lipinski definition) is 1. The Morgan fingerprint density at radius 2 is 1.96 bits per heavy atom. The Morgan fingerprint density at radius 3 is 2.61 bits per heavy atom. The van der Waals surface area contributed by atoms with Crippen molar-refractivity contribution in [3.05, 3.63) is 40.5 Å². The summed E-state index contributed by atoms with van der Waals surface area (Å²) in [5, 5.41) is 8.03. The van der Waals surface area contributed by atoms with Crippen molar-refractivity contribution in [1.82, 2.24) is 9.78 Å². The molecule has 0 saturated carbocycles. The van der Waals surface area contributed by atoms with Gasteiger partial charge < -0.3 is 10.2 Å². The van der Waals surface area contributed by atoms with Crippen molar-refractivity contribution in [2.75, 3.05) is 16.8 Å². The Kier molecular flexibility index (Phi) is 4.12. The predicted molar refractivity (Wildman–Crippen MR) is 110 cm³/mol. The first-order valence-electron chi connectivity index (χ1n) is 9.56. The molecule has 0 bridgehead atoms. The summed E-state index contributed by atoms with van der Waals surface area (Å²) >= 11 is 6.32. The molecule has 2 amide bonds. The number of carbonyl (C=O) groups is 2. The summed E-state index contributed by atoms with van der Waals surface area (Å²) in [6.07, 6.45) is 1.78. The van der Waals surface area contributed by atoms with Gasteiger partial charge in [-0.1, -0.05) is 25.4 Å². The standard InChI is InChI=1S/C21H25ClN4O2/c1-12(2)11-25-16-7-6-13(22)8-14(16)21(19(25)28)9-17(27)24-18-15(21)10-23-26(18)20(3,4)5/h6-8,10,12H,9,11H2,1-5H3,(H,24,27)/t21-/m1/s1. The SMILES string of the molecule is CC(C)CN1C(=O)[C@]2(CC(=O)Nc3c2cnn3C(C)(C)C)c2cc(Cl)ccc21. The van der Waals surface area contributed by atoms with Crippen molar-refractivity contribution in [3.8, 4) is 0 Å². The molecule has 148 valence electrons. The van der Waals surface area contributed by atoms with E-state index in [0.29, 0.717) is 17.4 Å². The average molecular weight is 401 g/mol. The van der Waals surface area contributed by atoms with Crippen LogP contribution >= 0.6 is 11.6 Å². The zero-order valence-corrected chi connectivity index (χ0v) is 17.6. The number of amides is 2. The van der Waals surface area contributed by atoms with E-state index in [1.807, 2.05) is 32.9 Å². The Bertz CT molecular complexity index is 989. The number of nitrogens with zero attached hydrogens (tertiary/aromatic N) is 3. The van der Waals surface area contributed by atoms with Crippen LogP contribution in [0.4, 0.5) is 11.5 Å². The number of anilines is 2. The summed E-state index contributed by atoms with van der Waals surface area (Å²) in [6, 6.07) is 5.50. The lowest BCUT2D eigenvalue weighted by Gasteiger charge is -2.34. The predicted octanol–water partition coefficient (Wildman–Crippen LogP) is 3.92. The van der Waals surface area contributed by atoms with Crippen LogP contribution in [-0.2, 0) is 20.5 Å².